The molecule has 5 heteroatoms. The van der Waals surface area contributed by atoms with Gasteiger partial charge in [0.05, 0.1) is 4.90 Å². The molecule has 1 aliphatic carbocycles. The highest BCUT2D eigenvalue weighted by Crippen LogP contribution is 2.32. The predicted molar refractivity (Wildman–Crippen MR) is 85.7 cm³/mol. The minimum atomic E-state index is -3.35. The summed E-state index contributed by atoms with van der Waals surface area (Å²) in [6.45, 7) is 4.78. The van der Waals surface area contributed by atoms with Gasteiger partial charge in [-0.05, 0) is 50.9 Å². The molecule has 1 fully saturated rings. The van der Waals surface area contributed by atoms with Crippen molar-refractivity contribution in [3.8, 4) is 0 Å². The van der Waals surface area contributed by atoms with E-state index < -0.39 is 10.0 Å². The van der Waals surface area contributed by atoms with Crippen molar-refractivity contribution in [3.63, 3.8) is 0 Å². The van der Waals surface area contributed by atoms with Gasteiger partial charge < -0.3 is 5.32 Å². The second-order valence-electron chi connectivity index (χ2n) is 5.78. The SMILES string of the molecule is CCCCN(C1CC1)S(=O)(=O)c1ccc(C(C)NC)cc1. The van der Waals surface area contributed by atoms with Crippen LogP contribution in [0.15, 0.2) is 29.2 Å². The molecule has 1 atom stereocenters. The normalized spacial score (nSPS) is 17.1. The minimum Gasteiger partial charge on any atom is -0.313 e. The first-order valence-electron chi connectivity index (χ1n) is 7.79. The molecule has 1 aromatic carbocycles. The molecule has 21 heavy (non-hydrogen) atoms. The number of benzene rings is 1. The summed E-state index contributed by atoms with van der Waals surface area (Å²) in [6, 6.07) is 7.72. The summed E-state index contributed by atoms with van der Waals surface area (Å²) >= 11 is 0. The van der Waals surface area contributed by atoms with Crippen LogP contribution in [0.3, 0.4) is 0 Å². The lowest BCUT2D eigenvalue weighted by Gasteiger charge is -2.22. The smallest absolute Gasteiger partial charge is 0.243 e. The van der Waals surface area contributed by atoms with Crippen LogP contribution in [-0.2, 0) is 10.0 Å². The maximum atomic E-state index is 12.8. The maximum absolute atomic E-state index is 12.8. The Bertz CT molecular complexity index is 550. The molecule has 2 rings (SSSR count). The van der Waals surface area contributed by atoms with Crippen LogP contribution in [0.1, 0.15) is 51.1 Å². The summed E-state index contributed by atoms with van der Waals surface area (Å²) < 4.78 is 27.3. The average Bonchev–Trinajstić information content (AvgIpc) is 3.31. The quantitative estimate of drug-likeness (QED) is 0.803. The molecule has 0 spiro atoms. The first-order chi connectivity index (χ1) is 10.0. The van der Waals surface area contributed by atoms with E-state index in [-0.39, 0.29) is 12.1 Å². The Morgan fingerprint density at radius 1 is 1.29 bits per heavy atom. The minimum absolute atomic E-state index is 0.220. The Kier molecular flexibility index (Phi) is 5.41. The molecule has 0 bridgehead atoms. The lowest BCUT2D eigenvalue weighted by Crippen LogP contribution is -2.34. The maximum Gasteiger partial charge on any atom is 0.243 e. The third-order valence-electron chi connectivity index (χ3n) is 4.11. The van der Waals surface area contributed by atoms with Gasteiger partial charge >= 0.3 is 0 Å². The molecule has 0 heterocycles. The Morgan fingerprint density at radius 3 is 2.38 bits per heavy atom. The highest BCUT2D eigenvalue weighted by Gasteiger charge is 2.37. The first-order valence-corrected chi connectivity index (χ1v) is 9.23. The fourth-order valence-corrected chi connectivity index (χ4v) is 4.13. The molecule has 0 amide bonds. The highest BCUT2D eigenvalue weighted by molar-refractivity contribution is 7.89. The van der Waals surface area contributed by atoms with Crippen molar-refractivity contribution in [2.45, 2.75) is 56.5 Å². The second kappa shape index (κ2) is 6.90. The summed E-state index contributed by atoms with van der Waals surface area (Å²) in [5.41, 5.74) is 1.10. The number of hydrogen-bond acceptors (Lipinski definition) is 3. The van der Waals surface area contributed by atoms with Crippen LogP contribution in [0, 0.1) is 0 Å². The van der Waals surface area contributed by atoms with E-state index in [1.165, 1.54) is 0 Å². The van der Waals surface area contributed by atoms with Crippen LogP contribution in [0.25, 0.3) is 0 Å². The van der Waals surface area contributed by atoms with Gasteiger partial charge in [0.1, 0.15) is 0 Å². The van der Waals surface area contributed by atoms with Gasteiger partial charge in [-0.25, -0.2) is 8.42 Å². The van der Waals surface area contributed by atoms with E-state index in [2.05, 4.69) is 19.2 Å². The van der Waals surface area contributed by atoms with Gasteiger partial charge in [-0.15, -0.1) is 0 Å². The zero-order valence-electron chi connectivity index (χ0n) is 13.2. The summed E-state index contributed by atoms with van der Waals surface area (Å²) in [5, 5.41) is 3.16. The van der Waals surface area contributed by atoms with E-state index in [4.69, 9.17) is 0 Å². The lowest BCUT2D eigenvalue weighted by molar-refractivity contribution is 0.395. The molecule has 1 aromatic rings. The van der Waals surface area contributed by atoms with Gasteiger partial charge in [0.2, 0.25) is 10.0 Å². The number of rotatable bonds is 8. The van der Waals surface area contributed by atoms with Crippen molar-refractivity contribution >= 4 is 10.0 Å². The Hall–Kier alpha value is -0.910. The molecule has 118 valence electrons. The molecule has 0 saturated heterocycles. The molecule has 4 nitrogen and oxygen atoms in total. The largest absolute Gasteiger partial charge is 0.313 e. The number of unbranched alkanes of at least 4 members (excludes halogenated alkanes) is 1. The molecule has 1 aliphatic rings. The van der Waals surface area contributed by atoms with Crippen molar-refractivity contribution in [1.29, 1.82) is 0 Å². The molecule has 0 aliphatic heterocycles. The van der Waals surface area contributed by atoms with Gasteiger partial charge in [-0.2, -0.15) is 4.31 Å². The van der Waals surface area contributed by atoms with E-state index in [0.29, 0.717) is 11.4 Å². The van der Waals surface area contributed by atoms with E-state index in [1.54, 1.807) is 16.4 Å². The first kappa shape index (κ1) is 16.5. The lowest BCUT2D eigenvalue weighted by atomic mass is 10.1. The fraction of sp³-hybridized carbons (Fsp3) is 0.625. The van der Waals surface area contributed by atoms with Crippen molar-refractivity contribution in [2.24, 2.45) is 0 Å². The van der Waals surface area contributed by atoms with Crippen molar-refractivity contribution in [3.05, 3.63) is 29.8 Å². The van der Waals surface area contributed by atoms with Crippen LogP contribution >= 0.6 is 0 Å². The van der Waals surface area contributed by atoms with Gasteiger partial charge in [0.25, 0.3) is 0 Å². The third kappa shape index (κ3) is 3.84. The monoisotopic (exact) mass is 310 g/mol. The van der Waals surface area contributed by atoms with E-state index >= 15 is 0 Å². The van der Waals surface area contributed by atoms with Crippen LogP contribution in [0.4, 0.5) is 0 Å². The van der Waals surface area contributed by atoms with Crippen LogP contribution in [-0.4, -0.2) is 32.4 Å². The van der Waals surface area contributed by atoms with Crippen LogP contribution in [0.2, 0.25) is 0 Å². The van der Waals surface area contributed by atoms with E-state index in [9.17, 15) is 8.42 Å². The Labute approximate surface area is 128 Å². The zero-order chi connectivity index (χ0) is 15.5. The van der Waals surface area contributed by atoms with Crippen molar-refractivity contribution < 1.29 is 8.42 Å². The van der Waals surface area contributed by atoms with E-state index in [1.807, 2.05) is 19.2 Å². The van der Waals surface area contributed by atoms with Gasteiger partial charge in [0.15, 0.2) is 0 Å². The molecule has 0 aromatic heterocycles. The number of nitrogens with one attached hydrogen (secondary N) is 1. The highest BCUT2D eigenvalue weighted by atomic mass is 32.2. The molecular formula is C16H26N2O2S. The van der Waals surface area contributed by atoms with Gasteiger partial charge in [-0.1, -0.05) is 25.5 Å². The second-order valence-corrected chi connectivity index (χ2v) is 7.67. The summed E-state index contributed by atoms with van der Waals surface area (Å²) in [7, 11) is -1.45. The van der Waals surface area contributed by atoms with Crippen LogP contribution in [0.5, 0.6) is 0 Å². The Morgan fingerprint density at radius 2 is 1.90 bits per heavy atom. The average molecular weight is 310 g/mol. The fourth-order valence-electron chi connectivity index (χ4n) is 2.41. The number of sulfonamides is 1. The topological polar surface area (TPSA) is 49.4 Å². The third-order valence-corrected chi connectivity index (χ3v) is 6.07. The zero-order valence-corrected chi connectivity index (χ0v) is 14.0. The summed E-state index contributed by atoms with van der Waals surface area (Å²) in [5.74, 6) is 0. The van der Waals surface area contributed by atoms with Gasteiger partial charge in [-0.3, -0.25) is 0 Å². The molecule has 1 N–H and O–H groups in total. The number of nitrogens with zero attached hydrogens (tertiary/aromatic N) is 1. The van der Waals surface area contributed by atoms with E-state index in [0.717, 1.165) is 31.2 Å². The molecule has 1 unspecified atom stereocenters. The van der Waals surface area contributed by atoms with Crippen LogP contribution < -0.4 is 5.32 Å². The van der Waals surface area contributed by atoms with Crippen molar-refractivity contribution in [2.75, 3.05) is 13.6 Å². The number of hydrogen-bond donors (Lipinski definition) is 1. The Balaban J connectivity index is 2.21. The van der Waals surface area contributed by atoms with Crippen molar-refractivity contribution in [1.82, 2.24) is 9.62 Å². The van der Waals surface area contributed by atoms with Gasteiger partial charge in [0, 0.05) is 18.6 Å². The summed E-state index contributed by atoms with van der Waals surface area (Å²) in [6.07, 6.45) is 3.93. The molecular weight excluding hydrogens is 284 g/mol. The molecule has 0 radical (unpaired) electrons. The standard InChI is InChI=1S/C16H26N2O2S/c1-4-5-12-18(15-8-9-15)21(19,20)16-10-6-14(7-11-16)13(2)17-3/h6-7,10-11,13,15,17H,4-5,8-9,12H2,1-3H3. The molecule has 1 saturated carbocycles. The predicted octanol–water partition coefficient (Wildman–Crippen LogP) is 2.92. The summed E-state index contributed by atoms with van der Waals surface area (Å²) in [4.78, 5) is 0.414.